The van der Waals surface area contributed by atoms with E-state index in [0.29, 0.717) is 0 Å². The van der Waals surface area contributed by atoms with E-state index in [-0.39, 0.29) is 0 Å². The molecule has 1 heterocycles. The average Bonchev–Trinajstić information content (AvgIpc) is 2.29. The van der Waals surface area contributed by atoms with Crippen LogP contribution in [-0.2, 0) is 19.9 Å². The number of hydrogen-bond acceptors (Lipinski definition) is 9. The first-order valence-corrected chi connectivity index (χ1v) is 6.58. The molecular weight excluding hydrogens is 302 g/mol. The predicted molar refractivity (Wildman–Crippen MR) is 61.8 cm³/mol. The highest BCUT2D eigenvalue weighted by Crippen LogP contribution is 2.27. The molecule has 120 valence electrons. The first kappa shape index (κ1) is 19.3. The summed E-state index contributed by atoms with van der Waals surface area (Å²) in [7, 11) is -4.67. The number of ketones is 1. The van der Waals surface area contributed by atoms with Crippen molar-refractivity contribution in [3.05, 3.63) is 0 Å². The Bertz CT molecular complexity index is 429. The van der Waals surface area contributed by atoms with Crippen LogP contribution in [0.15, 0.2) is 0 Å². The second kappa shape index (κ2) is 6.84. The van der Waals surface area contributed by atoms with Gasteiger partial charge in [0.1, 0.15) is 18.3 Å². The minimum atomic E-state index is -4.67. The van der Waals surface area contributed by atoms with Crippen molar-refractivity contribution in [2.45, 2.75) is 37.1 Å². The average molecular weight is 319 g/mol. The predicted octanol–water partition coefficient (Wildman–Crippen LogP) is -3.95. The lowest BCUT2D eigenvalue weighted by Crippen LogP contribution is -2.70. The van der Waals surface area contributed by atoms with Crippen LogP contribution < -0.4 is 5.73 Å². The highest BCUT2D eigenvalue weighted by Gasteiger charge is 2.54. The second-order valence-electron chi connectivity index (χ2n) is 4.05. The molecule has 0 bridgehead atoms. The molecule has 8 N–H and O–H groups in total. The van der Waals surface area contributed by atoms with Gasteiger partial charge in [-0.2, -0.15) is 8.42 Å². The van der Waals surface area contributed by atoms with E-state index >= 15 is 0 Å². The van der Waals surface area contributed by atoms with Crippen molar-refractivity contribution >= 4 is 16.2 Å². The molecule has 12 heteroatoms. The molecule has 0 spiro atoms. The van der Waals surface area contributed by atoms with Crippen molar-refractivity contribution < 1.29 is 47.5 Å². The van der Waals surface area contributed by atoms with Crippen LogP contribution >= 0.6 is 0 Å². The van der Waals surface area contributed by atoms with Crippen molar-refractivity contribution in [1.29, 1.82) is 0 Å². The van der Waals surface area contributed by atoms with E-state index in [0.717, 1.165) is 6.92 Å². The van der Waals surface area contributed by atoms with Gasteiger partial charge in [0.05, 0.1) is 12.6 Å². The molecule has 11 nitrogen and oxygen atoms in total. The molecule has 1 fully saturated rings. The Morgan fingerprint density at radius 1 is 1.30 bits per heavy atom. The van der Waals surface area contributed by atoms with Crippen LogP contribution in [0.4, 0.5) is 0 Å². The van der Waals surface area contributed by atoms with Gasteiger partial charge in [0.15, 0.2) is 5.78 Å². The highest BCUT2D eigenvalue weighted by atomic mass is 32.3. The van der Waals surface area contributed by atoms with Gasteiger partial charge in [-0.05, 0) is 0 Å². The summed E-state index contributed by atoms with van der Waals surface area (Å²) in [4.78, 5) is 11.1. The van der Waals surface area contributed by atoms with E-state index in [9.17, 15) is 20.1 Å². The summed E-state index contributed by atoms with van der Waals surface area (Å²) >= 11 is 0. The van der Waals surface area contributed by atoms with Crippen molar-refractivity contribution in [3.8, 4) is 0 Å². The zero-order chi connectivity index (χ0) is 16.3. The Balaban J connectivity index is 0.000000621. The van der Waals surface area contributed by atoms with Crippen LogP contribution in [0.2, 0.25) is 0 Å². The summed E-state index contributed by atoms with van der Waals surface area (Å²) in [6, 6.07) is -1.45. The Morgan fingerprint density at radius 3 is 2.00 bits per heavy atom. The summed E-state index contributed by atoms with van der Waals surface area (Å²) in [5, 5.41) is 37.4. The van der Waals surface area contributed by atoms with E-state index in [4.69, 9.17) is 33.1 Å². The fourth-order valence-corrected chi connectivity index (χ4v) is 1.51. The molecule has 0 aromatic heterocycles. The summed E-state index contributed by atoms with van der Waals surface area (Å²) in [5.74, 6) is -3.16. The molecule has 1 rings (SSSR count). The molecule has 5 atom stereocenters. The van der Waals surface area contributed by atoms with Gasteiger partial charge in [-0.25, -0.2) is 0 Å². The number of carbonyl (C=O) groups is 1. The van der Waals surface area contributed by atoms with Crippen molar-refractivity contribution in [1.82, 2.24) is 0 Å². The first-order chi connectivity index (χ1) is 8.84. The van der Waals surface area contributed by atoms with Gasteiger partial charge in [0.2, 0.25) is 5.79 Å². The summed E-state index contributed by atoms with van der Waals surface area (Å²) < 4.78 is 36.4. The van der Waals surface area contributed by atoms with E-state index < -0.39 is 52.9 Å². The van der Waals surface area contributed by atoms with Gasteiger partial charge in [0, 0.05) is 6.92 Å². The lowest BCUT2D eigenvalue weighted by atomic mass is 9.89. The maximum Gasteiger partial charge on any atom is 0.394 e. The molecular formula is C8H17NO10S. The number of nitrogens with two attached hydrogens (primary N) is 1. The van der Waals surface area contributed by atoms with Crippen LogP contribution in [-0.4, -0.2) is 80.5 Å². The first-order valence-electron chi connectivity index (χ1n) is 5.18. The summed E-state index contributed by atoms with van der Waals surface area (Å²) in [6.07, 6.45) is -4.22. The number of aliphatic hydroxyl groups is 4. The molecule has 0 aromatic rings. The fourth-order valence-electron chi connectivity index (χ4n) is 1.51. The Morgan fingerprint density at radius 2 is 1.70 bits per heavy atom. The maximum atomic E-state index is 11.1. The van der Waals surface area contributed by atoms with Gasteiger partial charge in [-0.3, -0.25) is 13.9 Å². The lowest BCUT2D eigenvalue weighted by Gasteiger charge is -2.44. The number of ether oxygens (including phenoxy) is 1. The molecule has 0 aromatic carbocycles. The number of rotatable bonds is 2. The van der Waals surface area contributed by atoms with Gasteiger partial charge < -0.3 is 30.9 Å². The van der Waals surface area contributed by atoms with Crippen LogP contribution in [0.1, 0.15) is 6.92 Å². The van der Waals surface area contributed by atoms with E-state index in [1.807, 2.05) is 0 Å². The molecule has 0 amide bonds. The quantitative estimate of drug-likeness (QED) is 0.244. The number of carbonyl (C=O) groups excluding carboxylic acids is 1. The molecule has 1 aliphatic rings. The van der Waals surface area contributed by atoms with Crippen LogP contribution in [0.3, 0.4) is 0 Å². The molecule has 0 saturated carbocycles. The van der Waals surface area contributed by atoms with Crippen LogP contribution in [0, 0.1) is 0 Å². The summed E-state index contributed by atoms with van der Waals surface area (Å²) in [5.41, 5.74) is 5.38. The minimum Gasteiger partial charge on any atom is -0.394 e. The molecule has 1 aliphatic heterocycles. The van der Waals surface area contributed by atoms with Gasteiger partial charge in [0.25, 0.3) is 0 Å². The minimum absolute atomic E-state index is 0.638. The second-order valence-corrected chi connectivity index (χ2v) is 4.94. The Kier molecular flexibility index (Phi) is 6.60. The zero-order valence-corrected chi connectivity index (χ0v) is 11.1. The van der Waals surface area contributed by atoms with Gasteiger partial charge in [-0.1, -0.05) is 0 Å². The Hall–Kier alpha value is -0.700. The molecule has 0 radical (unpaired) electrons. The van der Waals surface area contributed by atoms with E-state index in [1.165, 1.54) is 0 Å². The number of Topliss-reactive ketones (excluding diaryl/α,β-unsaturated/α-hetero) is 1. The normalized spacial score (nSPS) is 37.8. The van der Waals surface area contributed by atoms with Crippen molar-refractivity contribution in [2.24, 2.45) is 5.73 Å². The van der Waals surface area contributed by atoms with Gasteiger partial charge >= 0.3 is 10.4 Å². The lowest BCUT2D eigenvalue weighted by molar-refractivity contribution is -0.296. The third-order valence-electron chi connectivity index (χ3n) is 2.57. The molecule has 1 saturated heterocycles. The Labute approximate surface area is 114 Å². The van der Waals surface area contributed by atoms with Crippen LogP contribution in [0.5, 0.6) is 0 Å². The molecule has 0 aliphatic carbocycles. The third-order valence-corrected chi connectivity index (χ3v) is 2.57. The topological polar surface area (TPSA) is 208 Å². The number of hydrogen-bond donors (Lipinski definition) is 7. The highest BCUT2D eigenvalue weighted by molar-refractivity contribution is 7.79. The third kappa shape index (κ3) is 5.01. The fraction of sp³-hybridized carbons (Fsp3) is 0.875. The smallest absolute Gasteiger partial charge is 0.394 e. The van der Waals surface area contributed by atoms with Gasteiger partial charge in [-0.15, -0.1) is 0 Å². The zero-order valence-electron chi connectivity index (χ0n) is 10.3. The van der Waals surface area contributed by atoms with Crippen molar-refractivity contribution in [2.75, 3.05) is 6.61 Å². The van der Waals surface area contributed by atoms with E-state index in [2.05, 4.69) is 0 Å². The standard InChI is InChI=1S/C8H15NO6.H2O4S/c1-3(11)8(14)7(9)6(13)5(12)4(2-10)15-8;1-5(2,3)4/h4-7,10,12-14H,2,9H2,1H3;(H2,1,2,3,4)/t4-,5-,6+,7-,8?;/m1./s1. The maximum absolute atomic E-state index is 11.1. The summed E-state index contributed by atoms with van der Waals surface area (Å²) in [6.45, 7) is 0.402. The molecule has 1 unspecified atom stereocenters. The largest absolute Gasteiger partial charge is 0.394 e. The molecule has 20 heavy (non-hydrogen) atoms. The van der Waals surface area contributed by atoms with E-state index in [1.54, 1.807) is 0 Å². The van der Waals surface area contributed by atoms with Crippen LogP contribution in [0.25, 0.3) is 0 Å². The monoisotopic (exact) mass is 319 g/mol. The van der Waals surface area contributed by atoms with Crippen molar-refractivity contribution in [3.63, 3.8) is 0 Å². The SMILES string of the molecule is CC(=O)C1(O)O[C@H](CO)[C@@H](O)[C@H](O)[C@H]1N.O=S(=O)(O)O. The number of aliphatic hydroxyl groups excluding tert-OH is 3.